The first kappa shape index (κ1) is 18.1. The second kappa shape index (κ2) is 7.37. The van der Waals surface area contributed by atoms with E-state index >= 15 is 0 Å². The minimum atomic E-state index is -0.403. The molecule has 0 unspecified atom stereocenters. The lowest BCUT2D eigenvalue weighted by Crippen LogP contribution is -2.31. The fraction of sp³-hybridized carbons (Fsp3) is 0.0909. The summed E-state index contributed by atoms with van der Waals surface area (Å²) in [6, 6.07) is 18.0. The molecule has 1 aromatic heterocycles. The van der Waals surface area contributed by atoms with Crippen LogP contribution in [0.4, 0.5) is 5.69 Å². The van der Waals surface area contributed by atoms with Crippen LogP contribution in [-0.4, -0.2) is 16.7 Å². The molecule has 0 saturated heterocycles. The first-order chi connectivity index (χ1) is 13.6. The highest BCUT2D eigenvalue weighted by atomic mass is 35.5. The van der Waals surface area contributed by atoms with Gasteiger partial charge >= 0.3 is 0 Å². The average Bonchev–Trinajstić information content (AvgIpc) is 3.29. The average molecular weight is 393 g/mol. The van der Waals surface area contributed by atoms with Crippen LogP contribution in [0.2, 0.25) is 5.02 Å². The molecule has 2 aromatic carbocycles. The molecule has 140 valence electrons. The Balaban J connectivity index is 1.77. The van der Waals surface area contributed by atoms with Gasteiger partial charge in [0.2, 0.25) is 0 Å². The predicted molar refractivity (Wildman–Crippen MR) is 107 cm³/mol. The molecule has 0 aliphatic carbocycles. The lowest BCUT2D eigenvalue weighted by molar-refractivity contribution is -0.137. The van der Waals surface area contributed by atoms with Crippen molar-refractivity contribution in [1.29, 1.82) is 0 Å². The van der Waals surface area contributed by atoms with Crippen LogP contribution in [-0.2, 0) is 16.1 Å². The number of carbonyl (C=O) groups is 2. The van der Waals surface area contributed by atoms with Crippen LogP contribution in [0.3, 0.4) is 0 Å². The van der Waals surface area contributed by atoms with Gasteiger partial charge in [-0.3, -0.25) is 14.5 Å². The van der Waals surface area contributed by atoms with E-state index in [-0.39, 0.29) is 18.1 Å². The third-order valence-electron chi connectivity index (χ3n) is 4.65. The second-order valence-corrected chi connectivity index (χ2v) is 6.84. The number of hydrogen-bond donors (Lipinski definition) is 1. The van der Waals surface area contributed by atoms with Gasteiger partial charge in [-0.2, -0.15) is 0 Å². The number of benzene rings is 2. The summed E-state index contributed by atoms with van der Waals surface area (Å²) in [6.07, 6.45) is 1.51. The maximum absolute atomic E-state index is 13.1. The third kappa shape index (κ3) is 3.21. The largest absolute Gasteiger partial charge is 0.467 e. The molecule has 0 bridgehead atoms. The molecule has 2 amide bonds. The van der Waals surface area contributed by atoms with Crippen LogP contribution in [0.1, 0.15) is 16.9 Å². The Kier molecular flexibility index (Phi) is 4.75. The summed E-state index contributed by atoms with van der Waals surface area (Å²) >= 11 is 6.21. The van der Waals surface area contributed by atoms with Gasteiger partial charge in [-0.1, -0.05) is 48.0 Å². The highest BCUT2D eigenvalue weighted by Crippen LogP contribution is 2.33. The Morgan fingerprint density at radius 2 is 1.75 bits per heavy atom. The normalized spacial score (nSPS) is 14.1. The van der Waals surface area contributed by atoms with E-state index in [0.29, 0.717) is 27.6 Å². The summed E-state index contributed by atoms with van der Waals surface area (Å²) in [7, 11) is 0. The summed E-state index contributed by atoms with van der Waals surface area (Å²) < 4.78 is 5.32. The van der Waals surface area contributed by atoms with Crippen molar-refractivity contribution in [2.45, 2.75) is 13.5 Å². The van der Waals surface area contributed by atoms with Crippen molar-refractivity contribution < 1.29 is 14.0 Å². The van der Waals surface area contributed by atoms with E-state index in [1.54, 1.807) is 24.3 Å². The lowest BCUT2D eigenvalue weighted by Gasteiger charge is -2.14. The van der Waals surface area contributed by atoms with Crippen molar-refractivity contribution in [3.63, 3.8) is 0 Å². The number of nitrogens with one attached hydrogen (secondary N) is 1. The van der Waals surface area contributed by atoms with Gasteiger partial charge in [0.05, 0.1) is 18.4 Å². The number of rotatable bonds is 5. The van der Waals surface area contributed by atoms with Crippen molar-refractivity contribution in [3.05, 3.63) is 94.5 Å². The Labute approximate surface area is 167 Å². The topological polar surface area (TPSA) is 62.6 Å². The van der Waals surface area contributed by atoms with E-state index < -0.39 is 5.91 Å². The molecule has 3 aromatic rings. The van der Waals surface area contributed by atoms with E-state index in [1.165, 1.54) is 11.2 Å². The summed E-state index contributed by atoms with van der Waals surface area (Å²) in [6.45, 7) is 1.93. The van der Waals surface area contributed by atoms with Gasteiger partial charge in [0.25, 0.3) is 11.8 Å². The Hall–Kier alpha value is -3.31. The smallest absolute Gasteiger partial charge is 0.278 e. The van der Waals surface area contributed by atoms with E-state index in [9.17, 15) is 9.59 Å². The van der Waals surface area contributed by atoms with Gasteiger partial charge in [0.1, 0.15) is 11.5 Å². The number of hydrogen-bond acceptors (Lipinski definition) is 4. The van der Waals surface area contributed by atoms with Crippen LogP contribution >= 0.6 is 11.6 Å². The van der Waals surface area contributed by atoms with Crippen LogP contribution in [0.15, 0.2) is 77.0 Å². The zero-order valence-corrected chi connectivity index (χ0v) is 15.9. The van der Waals surface area contributed by atoms with Gasteiger partial charge in [-0.05, 0) is 42.3 Å². The molecule has 4 rings (SSSR count). The van der Waals surface area contributed by atoms with Crippen LogP contribution < -0.4 is 5.32 Å². The number of halogens is 1. The number of amides is 2. The molecule has 5 nitrogen and oxygen atoms in total. The number of carbonyl (C=O) groups excluding carboxylic acids is 2. The Morgan fingerprint density at radius 1 is 0.964 bits per heavy atom. The van der Waals surface area contributed by atoms with Gasteiger partial charge in [-0.15, -0.1) is 0 Å². The quantitative estimate of drug-likeness (QED) is 0.643. The molecule has 0 fully saturated rings. The second-order valence-electron chi connectivity index (χ2n) is 6.43. The van der Waals surface area contributed by atoms with E-state index in [0.717, 1.165) is 5.56 Å². The molecule has 0 radical (unpaired) electrons. The molecule has 28 heavy (non-hydrogen) atoms. The molecular formula is C22H17ClN2O3. The molecule has 2 heterocycles. The van der Waals surface area contributed by atoms with Crippen molar-refractivity contribution in [2.75, 3.05) is 5.32 Å². The minimum Gasteiger partial charge on any atom is -0.467 e. The van der Waals surface area contributed by atoms with Crippen LogP contribution in [0, 0.1) is 6.92 Å². The molecule has 0 atom stereocenters. The van der Waals surface area contributed by atoms with Gasteiger partial charge in [0.15, 0.2) is 0 Å². The monoisotopic (exact) mass is 392 g/mol. The third-order valence-corrected chi connectivity index (χ3v) is 5.06. The van der Waals surface area contributed by atoms with E-state index in [1.807, 2.05) is 43.3 Å². The maximum atomic E-state index is 13.1. The van der Waals surface area contributed by atoms with Crippen molar-refractivity contribution in [2.24, 2.45) is 0 Å². The van der Waals surface area contributed by atoms with Crippen molar-refractivity contribution in [1.82, 2.24) is 4.90 Å². The first-order valence-corrected chi connectivity index (χ1v) is 9.14. The Bertz CT molecular complexity index is 1070. The van der Waals surface area contributed by atoms with E-state index in [2.05, 4.69) is 5.32 Å². The highest BCUT2D eigenvalue weighted by Gasteiger charge is 2.39. The fourth-order valence-electron chi connectivity index (χ4n) is 3.14. The number of nitrogens with zero attached hydrogens (tertiary/aromatic N) is 1. The van der Waals surface area contributed by atoms with Crippen LogP contribution in [0.5, 0.6) is 0 Å². The van der Waals surface area contributed by atoms with Gasteiger partial charge in [0, 0.05) is 10.7 Å². The number of imide groups is 1. The van der Waals surface area contributed by atoms with Crippen molar-refractivity contribution in [3.8, 4) is 0 Å². The zero-order chi connectivity index (χ0) is 19.7. The van der Waals surface area contributed by atoms with Gasteiger partial charge < -0.3 is 9.73 Å². The summed E-state index contributed by atoms with van der Waals surface area (Å²) in [5, 5.41) is 3.72. The fourth-order valence-corrected chi connectivity index (χ4v) is 3.32. The summed E-state index contributed by atoms with van der Waals surface area (Å²) in [4.78, 5) is 27.5. The maximum Gasteiger partial charge on any atom is 0.278 e. The number of anilines is 1. The molecule has 0 saturated carbocycles. The number of furan rings is 1. The van der Waals surface area contributed by atoms with Gasteiger partial charge in [-0.25, -0.2) is 0 Å². The summed E-state index contributed by atoms with van der Waals surface area (Å²) in [5.41, 5.74) is 2.71. The molecule has 6 heteroatoms. The SMILES string of the molecule is Cc1c(Cl)cccc1NC1=C(c2ccccc2)C(=O)N(Cc2ccco2)C1=O. The Morgan fingerprint density at radius 3 is 2.46 bits per heavy atom. The first-order valence-electron chi connectivity index (χ1n) is 8.76. The standard InChI is InChI=1S/C22H17ClN2O3/c1-14-17(23)10-5-11-18(14)24-20-19(15-7-3-2-4-8-15)21(26)25(22(20)27)13-16-9-6-12-28-16/h2-12,24H,13H2,1H3. The molecule has 1 aliphatic rings. The molecule has 0 spiro atoms. The molecule has 1 aliphatic heterocycles. The predicted octanol–water partition coefficient (Wildman–Crippen LogP) is 4.63. The van der Waals surface area contributed by atoms with Crippen molar-refractivity contribution >= 4 is 34.7 Å². The minimum absolute atomic E-state index is 0.0701. The zero-order valence-electron chi connectivity index (χ0n) is 15.1. The van der Waals surface area contributed by atoms with E-state index in [4.69, 9.17) is 16.0 Å². The van der Waals surface area contributed by atoms with Crippen LogP contribution in [0.25, 0.3) is 5.57 Å². The summed E-state index contributed by atoms with van der Waals surface area (Å²) in [5.74, 6) is -0.233. The molecule has 1 N–H and O–H groups in total. The highest BCUT2D eigenvalue weighted by molar-refractivity contribution is 6.36. The lowest BCUT2D eigenvalue weighted by atomic mass is 10.0. The molecular weight excluding hydrogens is 376 g/mol.